The highest BCUT2D eigenvalue weighted by Crippen LogP contribution is 2.15. The quantitative estimate of drug-likeness (QED) is 0.692. The SMILES string of the molecule is CCCC(C)c1ncc[nH]1.O=S(=O)(O)O. The van der Waals surface area contributed by atoms with Crippen molar-refractivity contribution in [1.29, 1.82) is 0 Å². The Morgan fingerprint density at radius 2 is 2.07 bits per heavy atom. The number of nitrogens with one attached hydrogen (secondary N) is 1. The summed E-state index contributed by atoms with van der Waals surface area (Å²) >= 11 is 0. The molecule has 1 heterocycles. The van der Waals surface area contributed by atoms with Crippen LogP contribution in [0.3, 0.4) is 0 Å². The third kappa shape index (κ3) is 9.39. The van der Waals surface area contributed by atoms with Crippen molar-refractivity contribution in [3.8, 4) is 0 Å². The van der Waals surface area contributed by atoms with Crippen LogP contribution in [0.1, 0.15) is 38.4 Å². The van der Waals surface area contributed by atoms with Gasteiger partial charge in [-0.15, -0.1) is 0 Å². The van der Waals surface area contributed by atoms with Crippen LogP contribution in [0, 0.1) is 0 Å². The molecule has 1 atom stereocenters. The Morgan fingerprint density at radius 3 is 2.40 bits per heavy atom. The molecule has 1 unspecified atom stereocenters. The zero-order valence-corrected chi connectivity index (χ0v) is 9.53. The van der Waals surface area contributed by atoms with Crippen molar-refractivity contribution in [1.82, 2.24) is 9.97 Å². The standard InChI is InChI=1S/C8H14N2.H2O4S/c1-3-4-7(2)8-9-5-6-10-8;1-5(2,3)4/h5-7H,3-4H2,1-2H3,(H,9,10);(H2,1,2,3,4). The largest absolute Gasteiger partial charge is 0.394 e. The van der Waals surface area contributed by atoms with Crippen LogP contribution in [0.2, 0.25) is 0 Å². The van der Waals surface area contributed by atoms with E-state index in [9.17, 15) is 0 Å². The lowest BCUT2D eigenvalue weighted by atomic mass is 10.1. The van der Waals surface area contributed by atoms with Crippen molar-refractivity contribution in [3.05, 3.63) is 18.2 Å². The van der Waals surface area contributed by atoms with Crippen molar-refractivity contribution in [2.75, 3.05) is 0 Å². The average molecular weight is 236 g/mol. The summed E-state index contributed by atoms with van der Waals surface area (Å²) in [6, 6.07) is 0. The van der Waals surface area contributed by atoms with Crippen LogP contribution in [-0.2, 0) is 10.4 Å². The molecule has 0 amide bonds. The smallest absolute Gasteiger partial charge is 0.348 e. The predicted octanol–water partition coefficient (Wildman–Crippen LogP) is 1.66. The monoisotopic (exact) mass is 236 g/mol. The average Bonchev–Trinajstić information content (AvgIpc) is 2.52. The maximum atomic E-state index is 8.74. The molecule has 1 rings (SSSR count). The first-order valence-corrected chi connectivity index (χ1v) is 5.93. The summed E-state index contributed by atoms with van der Waals surface area (Å²) in [5.41, 5.74) is 0. The summed E-state index contributed by atoms with van der Waals surface area (Å²) in [4.78, 5) is 7.29. The van der Waals surface area contributed by atoms with Crippen LogP contribution >= 0.6 is 0 Å². The second kappa shape index (κ2) is 6.54. The van der Waals surface area contributed by atoms with E-state index in [2.05, 4.69) is 23.8 Å². The summed E-state index contributed by atoms with van der Waals surface area (Å²) < 4.78 is 31.6. The van der Waals surface area contributed by atoms with E-state index < -0.39 is 10.4 Å². The third-order valence-electron chi connectivity index (χ3n) is 1.71. The number of rotatable bonds is 3. The summed E-state index contributed by atoms with van der Waals surface area (Å²) in [6.07, 6.45) is 6.12. The number of H-pyrrole nitrogens is 1. The highest BCUT2D eigenvalue weighted by molar-refractivity contribution is 7.79. The van der Waals surface area contributed by atoms with Crippen LogP contribution in [0.5, 0.6) is 0 Å². The molecular formula is C8H16N2O4S. The highest BCUT2D eigenvalue weighted by atomic mass is 32.3. The maximum Gasteiger partial charge on any atom is 0.394 e. The minimum Gasteiger partial charge on any atom is -0.348 e. The lowest BCUT2D eigenvalue weighted by molar-refractivity contribution is 0.381. The van der Waals surface area contributed by atoms with E-state index >= 15 is 0 Å². The Morgan fingerprint density at radius 1 is 1.53 bits per heavy atom. The molecule has 3 N–H and O–H groups in total. The number of imidazole rings is 1. The number of hydrogen-bond acceptors (Lipinski definition) is 3. The van der Waals surface area contributed by atoms with E-state index in [4.69, 9.17) is 17.5 Å². The van der Waals surface area contributed by atoms with E-state index in [-0.39, 0.29) is 0 Å². The van der Waals surface area contributed by atoms with Crippen molar-refractivity contribution in [2.24, 2.45) is 0 Å². The highest BCUT2D eigenvalue weighted by Gasteiger charge is 2.04. The van der Waals surface area contributed by atoms with Gasteiger partial charge in [0.05, 0.1) is 0 Å². The van der Waals surface area contributed by atoms with Crippen molar-refractivity contribution in [3.63, 3.8) is 0 Å². The van der Waals surface area contributed by atoms with Gasteiger partial charge < -0.3 is 4.98 Å². The molecule has 1 aromatic heterocycles. The summed E-state index contributed by atoms with van der Waals surface area (Å²) in [5, 5.41) is 0. The van der Waals surface area contributed by atoms with Gasteiger partial charge in [0.2, 0.25) is 0 Å². The molecule has 0 aliphatic carbocycles. The van der Waals surface area contributed by atoms with Gasteiger partial charge in [0.1, 0.15) is 5.82 Å². The summed E-state index contributed by atoms with van der Waals surface area (Å²) in [5.74, 6) is 1.70. The first-order valence-electron chi connectivity index (χ1n) is 4.53. The summed E-state index contributed by atoms with van der Waals surface area (Å²) in [6.45, 7) is 4.39. The molecule has 0 aromatic carbocycles. The van der Waals surface area contributed by atoms with Gasteiger partial charge >= 0.3 is 10.4 Å². The molecule has 0 bridgehead atoms. The Balaban J connectivity index is 0.000000336. The molecule has 7 heteroatoms. The lowest BCUT2D eigenvalue weighted by Crippen LogP contribution is -1.94. The van der Waals surface area contributed by atoms with Gasteiger partial charge in [-0.1, -0.05) is 20.3 Å². The fourth-order valence-electron chi connectivity index (χ4n) is 1.12. The number of hydrogen-bond donors (Lipinski definition) is 3. The lowest BCUT2D eigenvalue weighted by Gasteiger charge is -2.04. The fourth-order valence-corrected chi connectivity index (χ4v) is 1.12. The molecule has 0 fully saturated rings. The molecular weight excluding hydrogens is 220 g/mol. The molecule has 0 aliphatic heterocycles. The Kier molecular flexibility index (Phi) is 6.14. The van der Waals surface area contributed by atoms with Gasteiger partial charge in [-0.05, 0) is 6.42 Å². The second-order valence-corrected chi connectivity index (χ2v) is 4.01. The normalized spacial score (nSPS) is 12.8. The van der Waals surface area contributed by atoms with Crippen molar-refractivity contribution < 1.29 is 17.5 Å². The van der Waals surface area contributed by atoms with Crippen LogP contribution in [0.15, 0.2) is 12.4 Å². The molecule has 0 aliphatic rings. The molecule has 1 aromatic rings. The van der Waals surface area contributed by atoms with E-state index in [1.807, 2.05) is 12.4 Å². The van der Waals surface area contributed by atoms with Gasteiger partial charge in [-0.2, -0.15) is 8.42 Å². The molecule has 0 spiro atoms. The molecule has 15 heavy (non-hydrogen) atoms. The van der Waals surface area contributed by atoms with E-state index in [0.717, 1.165) is 5.82 Å². The third-order valence-corrected chi connectivity index (χ3v) is 1.71. The van der Waals surface area contributed by atoms with Crippen molar-refractivity contribution in [2.45, 2.75) is 32.6 Å². The second-order valence-electron chi connectivity index (χ2n) is 3.11. The van der Waals surface area contributed by atoms with E-state index in [1.54, 1.807) is 0 Å². The molecule has 0 saturated carbocycles. The van der Waals surface area contributed by atoms with Gasteiger partial charge in [-0.3, -0.25) is 9.11 Å². The predicted molar refractivity (Wildman–Crippen MR) is 56.1 cm³/mol. The van der Waals surface area contributed by atoms with E-state index in [1.165, 1.54) is 12.8 Å². The van der Waals surface area contributed by atoms with Gasteiger partial charge in [0.15, 0.2) is 0 Å². The number of nitrogens with zero attached hydrogens (tertiary/aromatic N) is 1. The van der Waals surface area contributed by atoms with Crippen LogP contribution < -0.4 is 0 Å². The number of aromatic nitrogens is 2. The van der Waals surface area contributed by atoms with Gasteiger partial charge in [0, 0.05) is 18.3 Å². The van der Waals surface area contributed by atoms with Crippen LogP contribution in [-0.4, -0.2) is 27.5 Å². The number of aromatic amines is 1. The molecule has 0 radical (unpaired) electrons. The van der Waals surface area contributed by atoms with Gasteiger partial charge in [0.25, 0.3) is 0 Å². The molecule has 6 nitrogen and oxygen atoms in total. The van der Waals surface area contributed by atoms with Crippen LogP contribution in [0.4, 0.5) is 0 Å². The first-order chi connectivity index (χ1) is 6.84. The van der Waals surface area contributed by atoms with E-state index in [0.29, 0.717) is 5.92 Å². The minimum absolute atomic E-state index is 0.583. The Bertz CT molecular complexity index is 339. The Labute approximate surface area is 89.3 Å². The molecule has 0 saturated heterocycles. The fraction of sp³-hybridized carbons (Fsp3) is 0.625. The molecule has 88 valence electrons. The van der Waals surface area contributed by atoms with Crippen LogP contribution in [0.25, 0.3) is 0 Å². The van der Waals surface area contributed by atoms with Gasteiger partial charge in [-0.25, -0.2) is 4.98 Å². The zero-order valence-electron chi connectivity index (χ0n) is 8.71. The maximum absolute atomic E-state index is 8.74. The minimum atomic E-state index is -4.67. The topological polar surface area (TPSA) is 103 Å². The van der Waals surface area contributed by atoms with Crippen molar-refractivity contribution >= 4 is 10.4 Å². The summed E-state index contributed by atoms with van der Waals surface area (Å²) in [7, 11) is -4.67. The Hall–Kier alpha value is -0.920. The zero-order chi connectivity index (χ0) is 11.9. The first kappa shape index (κ1) is 14.1.